The van der Waals surface area contributed by atoms with Gasteiger partial charge in [0.1, 0.15) is 0 Å². The zero-order valence-electron chi connectivity index (χ0n) is 86.3. The third kappa shape index (κ3) is 23.5. The molecular formula is C96H121B27BrN4O12Sn3. The number of imide groups is 4. The number of aliphatic hydroxyl groups excluding tert-OH is 4. The Morgan fingerprint density at radius 2 is 0.524 bits per heavy atom. The minimum Gasteiger partial charge on any atom is 0 e. The molecule has 10 aromatic carbocycles. The Labute approximate surface area is 901 Å². The predicted octanol–water partition coefficient (Wildman–Crippen LogP) is 10.7. The zero-order chi connectivity index (χ0) is 105. The van der Waals surface area contributed by atoms with Crippen LogP contribution in [0.4, 0.5) is 0 Å². The molecule has 16 nitrogen and oxygen atoms in total. The molecule has 47 heteroatoms. The maximum atomic E-state index is 14.5. The van der Waals surface area contributed by atoms with E-state index in [-0.39, 0.29) is 50.1 Å². The molecule has 31 radical (unpaired) electrons. The van der Waals surface area contributed by atoms with Crippen molar-refractivity contribution in [1.82, 2.24) is 19.6 Å². The molecule has 0 saturated carbocycles. The van der Waals surface area contributed by atoms with Crippen LogP contribution < -0.4 is 7.16 Å². The first-order chi connectivity index (χ1) is 68.5. The standard InChI is InChI=1S/C32H25BrN2O6.C32H24N2O6.8C4H9.B27.3Sn/c1-3-14(12-36)34-29(38)19-8-5-16-17-6-9-21-26-22(32(41)35(31(21)40)15(4-2)13-37)11-23(33)27(28(17)26)18-7-10-20(30(34)39)25(19)24(16)18;1-3-15(13-35)33-29(37)21-9-5-17-19-7-11-23-28-24(32(40)34(31(23)39)16(4-2)14-36)12-8-20(26(19)28)18-6-10-22(30(33)38)27(21)25(17)18;8*1-3-4-2;1-15-22(14)26(23(16(2)3)17(4)5)27(24(18(6)7)19(8)9)25(20(10)11)21(12)13;;;/h5-11,14-15,36-37H,3-4,12-13H2,1-2H3;5,7,9-12,15-16,35-36H,3-4,13-14H2,1-2H3;8*1,3-4H2,2H3;;;;. The van der Waals surface area contributed by atoms with Crippen molar-refractivity contribution in [3.63, 3.8) is 0 Å². The van der Waals surface area contributed by atoms with Crippen molar-refractivity contribution in [3.05, 3.63) is 128 Å². The zero-order valence-corrected chi connectivity index (χ0v) is 96.4. The molecule has 143 heavy (non-hydrogen) atoms. The summed E-state index contributed by atoms with van der Waals surface area (Å²) in [6.45, 7) is 24.6. The van der Waals surface area contributed by atoms with Crippen LogP contribution in [-0.4, -0.2) is 388 Å². The van der Waals surface area contributed by atoms with Gasteiger partial charge in [-0.05, 0) is 58.7 Å². The fourth-order valence-electron chi connectivity index (χ4n) is 23.6. The van der Waals surface area contributed by atoms with E-state index < -0.39 is 182 Å². The summed E-state index contributed by atoms with van der Waals surface area (Å²) in [5, 5.41) is 53.4. The van der Waals surface area contributed by atoms with Gasteiger partial charge in [-0.25, -0.2) is 0 Å². The van der Waals surface area contributed by atoms with Crippen LogP contribution in [0.15, 0.2) is 83.3 Å². The second kappa shape index (κ2) is 53.9. The monoisotopic (exact) mass is 2260 g/mol. The van der Waals surface area contributed by atoms with Crippen LogP contribution in [0.3, 0.4) is 0 Å². The number of hydrogen-bond donors (Lipinski definition) is 4. The van der Waals surface area contributed by atoms with Crippen LogP contribution in [-0.2, 0) is 0 Å². The minimum atomic E-state index is -3.74. The number of benzene rings is 10. The second-order valence-corrected chi connectivity index (χ2v) is 70.3. The number of unbranched alkanes of at least 4 members (excludes halogenated alkanes) is 8. The normalized spacial score (nSPS) is 14.6. The summed E-state index contributed by atoms with van der Waals surface area (Å²) in [7, 11) is 84.5. The van der Waals surface area contributed by atoms with Gasteiger partial charge in [0.15, 0.2) is 0 Å². The Balaban J connectivity index is 0.000000187. The minimum absolute atomic E-state index is 0.299. The number of carbonyl (C=O) groups excluding carboxylic acids is 8. The summed E-state index contributed by atoms with van der Waals surface area (Å²) in [6, 6.07) is 21.8. The first kappa shape index (κ1) is 119. The quantitative estimate of drug-likeness (QED) is 0.0121. The van der Waals surface area contributed by atoms with E-state index in [0.717, 1.165) is 109 Å². The summed E-state index contributed by atoms with van der Waals surface area (Å²) in [5.74, 6) is -3.22. The molecule has 0 aliphatic carbocycles. The molecular weight excluding hydrogens is 2130 g/mol. The van der Waals surface area contributed by atoms with Crippen LogP contribution in [0.1, 0.15) is 294 Å². The molecule has 5 heterocycles. The van der Waals surface area contributed by atoms with Crippen molar-refractivity contribution in [3.8, 4) is 0 Å². The first-order valence-electron chi connectivity index (χ1n) is 52.7. The first-order valence-corrected chi connectivity index (χ1v) is 72.5. The Morgan fingerprint density at radius 1 is 0.294 bits per heavy atom. The van der Waals surface area contributed by atoms with Crippen LogP contribution in [0.2, 0.25) is 35.5 Å². The number of aliphatic hydroxyl groups is 4. The van der Waals surface area contributed by atoms with E-state index in [2.05, 4.69) is 83.5 Å². The van der Waals surface area contributed by atoms with E-state index in [0.29, 0.717) is 96.2 Å². The maximum Gasteiger partial charge on any atom is 0 e. The van der Waals surface area contributed by atoms with Crippen molar-refractivity contribution < 1.29 is 58.8 Å². The molecule has 5 aliphatic rings. The van der Waals surface area contributed by atoms with Crippen molar-refractivity contribution >= 4 is 406 Å². The average molecular weight is 2250 g/mol. The Morgan fingerprint density at radius 3 is 0.769 bits per heavy atom. The van der Waals surface area contributed by atoms with E-state index >= 15 is 0 Å². The van der Waals surface area contributed by atoms with Crippen molar-refractivity contribution in [2.24, 2.45) is 0 Å². The third-order valence-electron chi connectivity index (χ3n) is 31.2. The molecule has 0 aromatic heterocycles. The largest absolute Gasteiger partial charge is 0 e. The molecule has 5 aliphatic heterocycles. The van der Waals surface area contributed by atoms with Gasteiger partial charge >= 0.3 is 475 Å². The molecule has 4 atom stereocenters. The SMILES string of the molecule is CCC(CO)N1C(=O)c2ccc3c4ccc5c6c(cc(Br)c(c7ccc(c2c37)C1=O)c64)C(=O)N(C(CC)CO)C5=O.CCC[CH2][Sn]([CH2]CCC)[CH2]CCC.CCC[CH2][Sn]([CH2]CCC)[CH2]CCC.CCC[CH2][Sn]1([CH2]CCC)[c]2cc3c4c(ccc5c6ccc7c8c(c[c]1c(c2c45)c86)C(=O)N(C(CC)CO)C7=O)C(=O)N(C(CC)CO)C3=O.[B][B]B([B])B(B(B([B])[B])B([B])[B])B(B(B([B])[B])B([B])[B])B(B([B])[B])B([B])[B]. The van der Waals surface area contributed by atoms with Crippen molar-refractivity contribution in [1.29, 1.82) is 0 Å². The average Bonchev–Trinajstić information content (AvgIpc) is 0.944. The molecule has 0 saturated heterocycles. The van der Waals surface area contributed by atoms with Crippen LogP contribution in [0.5, 0.6) is 0 Å². The summed E-state index contributed by atoms with van der Waals surface area (Å²) in [4.78, 5) is 117. The molecule has 697 valence electrons. The van der Waals surface area contributed by atoms with Crippen molar-refractivity contribution in [2.45, 2.75) is 271 Å². The van der Waals surface area contributed by atoms with E-state index in [1.807, 2.05) is 70.2 Å². The van der Waals surface area contributed by atoms with Gasteiger partial charge in [0.25, 0.3) is 23.6 Å². The molecule has 10 aromatic rings. The molecule has 0 spiro atoms. The number of nitrogens with zero attached hydrogens (tertiary/aromatic N) is 4. The van der Waals surface area contributed by atoms with Gasteiger partial charge in [0.2, 0.25) is 0 Å². The number of halogens is 1. The summed E-state index contributed by atoms with van der Waals surface area (Å²) in [5.41, 5.74) is 3.58. The molecule has 4 N–H and O–H groups in total. The third-order valence-corrected chi connectivity index (χ3v) is 65.0. The topological polar surface area (TPSA) is 230 Å². The van der Waals surface area contributed by atoms with Gasteiger partial charge in [0.05, 0.1) is 25.3 Å². The molecule has 0 bridgehead atoms. The van der Waals surface area contributed by atoms with Gasteiger partial charge in [-0.3, -0.25) is 29.0 Å². The van der Waals surface area contributed by atoms with Gasteiger partial charge < -0.3 is 10.2 Å². The summed E-state index contributed by atoms with van der Waals surface area (Å²) < 4.78 is 15.3. The van der Waals surface area contributed by atoms with Crippen LogP contribution in [0.25, 0.3) is 86.2 Å². The van der Waals surface area contributed by atoms with E-state index in [4.69, 9.17) is 108 Å². The molecule has 15 rings (SSSR count). The Bertz CT molecular complexity index is 5910. The Hall–Kier alpha value is -4.17. The number of hydrogen-bond acceptors (Lipinski definition) is 12. The Kier molecular flexibility index (Phi) is 44.9. The predicted molar refractivity (Wildman–Crippen MR) is 639 cm³/mol. The fourth-order valence-corrected chi connectivity index (χ4v) is 59.7. The number of amides is 8. The molecule has 0 fully saturated rings. The summed E-state index contributed by atoms with van der Waals surface area (Å²) in [6.07, 6.45) is 13.0. The maximum absolute atomic E-state index is 14.5. The van der Waals surface area contributed by atoms with Crippen LogP contribution >= 0.6 is 15.9 Å². The van der Waals surface area contributed by atoms with E-state index in [9.17, 15) is 58.8 Å². The fraction of sp³-hybridized carbons (Fsp3) is 0.500. The van der Waals surface area contributed by atoms with Gasteiger partial charge in [-0.15, -0.1) is 0 Å². The van der Waals surface area contributed by atoms with Crippen molar-refractivity contribution in [2.75, 3.05) is 26.4 Å². The number of fused-ring (bicyclic) bond motifs is 3. The molecule has 4 unspecified atom stereocenters. The van der Waals surface area contributed by atoms with E-state index in [1.165, 1.54) is 101 Å². The van der Waals surface area contributed by atoms with E-state index in [1.54, 1.807) is 50.9 Å². The number of rotatable bonds is 48. The van der Waals surface area contributed by atoms with Gasteiger partial charge in [0, 0.05) is 240 Å². The van der Waals surface area contributed by atoms with Gasteiger partial charge in [-0.2, -0.15) is 0 Å². The number of carbonyl (C=O) groups is 8. The second-order valence-electron chi connectivity index (χ2n) is 40.2. The molecule has 8 amide bonds. The van der Waals surface area contributed by atoms with Crippen LogP contribution in [0, 0.1) is 0 Å². The van der Waals surface area contributed by atoms with Gasteiger partial charge in [-0.1, -0.05) is 48.0 Å². The summed E-state index contributed by atoms with van der Waals surface area (Å²) >= 11 is -1.71. The smallest absolute Gasteiger partial charge is 0 e.